The molecule has 2 fully saturated rings. The lowest BCUT2D eigenvalue weighted by Crippen LogP contribution is -2.46. The molecule has 1 aromatic rings. The summed E-state index contributed by atoms with van der Waals surface area (Å²) in [5, 5.41) is 4.61. The maximum atomic E-state index is 6.17. The molecule has 3 atom stereocenters. The van der Waals surface area contributed by atoms with Gasteiger partial charge in [0.15, 0.2) is 0 Å². The Labute approximate surface area is 122 Å². The van der Waals surface area contributed by atoms with E-state index in [2.05, 4.69) is 23.1 Å². The van der Waals surface area contributed by atoms with E-state index < -0.39 is 0 Å². The van der Waals surface area contributed by atoms with Crippen LogP contribution in [0.15, 0.2) is 6.20 Å². The number of aromatic nitrogens is 2. The first kappa shape index (κ1) is 14.1. The molecule has 0 bridgehead atoms. The predicted octanol–water partition coefficient (Wildman–Crippen LogP) is 2.25. The van der Waals surface area contributed by atoms with Gasteiger partial charge in [-0.2, -0.15) is 5.10 Å². The van der Waals surface area contributed by atoms with Crippen molar-refractivity contribution >= 4 is 0 Å². The topological polar surface area (TPSA) is 47.1 Å². The van der Waals surface area contributed by atoms with E-state index in [1.54, 1.807) is 0 Å². The molecule has 0 radical (unpaired) electrons. The van der Waals surface area contributed by atoms with Gasteiger partial charge in [-0.15, -0.1) is 0 Å². The predicted molar refractivity (Wildman–Crippen MR) is 81.5 cm³/mol. The third-order valence-electron chi connectivity index (χ3n) is 5.29. The van der Waals surface area contributed by atoms with E-state index in [0.717, 1.165) is 18.4 Å². The van der Waals surface area contributed by atoms with Crippen molar-refractivity contribution in [3.63, 3.8) is 0 Å². The highest BCUT2D eigenvalue weighted by Gasteiger charge is 2.38. The third kappa shape index (κ3) is 2.40. The van der Waals surface area contributed by atoms with Gasteiger partial charge in [-0.1, -0.05) is 13.3 Å². The van der Waals surface area contributed by atoms with Gasteiger partial charge in [0.1, 0.15) is 0 Å². The van der Waals surface area contributed by atoms with Crippen molar-refractivity contribution in [2.75, 3.05) is 13.1 Å². The molecule has 1 aromatic heterocycles. The molecule has 4 heteroatoms. The first-order chi connectivity index (χ1) is 9.74. The lowest BCUT2D eigenvalue weighted by Gasteiger charge is -2.42. The fourth-order valence-electron chi connectivity index (χ4n) is 4.43. The number of piperidine rings is 1. The summed E-state index contributed by atoms with van der Waals surface area (Å²) in [6.07, 6.45) is 10.1. The molecule has 1 saturated heterocycles. The van der Waals surface area contributed by atoms with Crippen LogP contribution in [0.25, 0.3) is 0 Å². The van der Waals surface area contributed by atoms with E-state index in [4.69, 9.17) is 5.73 Å². The average Bonchev–Trinajstić information content (AvgIpc) is 3.06. The Morgan fingerprint density at radius 3 is 2.90 bits per heavy atom. The number of nitrogens with zero attached hydrogens (tertiary/aromatic N) is 3. The van der Waals surface area contributed by atoms with Crippen LogP contribution in [0.5, 0.6) is 0 Å². The summed E-state index contributed by atoms with van der Waals surface area (Å²) >= 11 is 0. The van der Waals surface area contributed by atoms with Gasteiger partial charge in [0, 0.05) is 31.4 Å². The molecule has 20 heavy (non-hydrogen) atoms. The monoisotopic (exact) mass is 276 g/mol. The SMILES string of the molecule is CCc1nn(C)cc1C(CN)N1CCCC2CCCC21. The van der Waals surface area contributed by atoms with E-state index in [1.165, 1.54) is 49.9 Å². The number of hydrogen-bond donors (Lipinski definition) is 1. The van der Waals surface area contributed by atoms with Crippen LogP contribution in [0.4, 0.5) is 0 Å². The molecular formula is C16H28N4. The molecule has 1 saturated carbocycles. The van der Waals surface area contributed by atoms with Gasteiger partial charge in [0.25, 0.3) is 0 Å². The zero-order chi connectivity index (χ0) is 14.1. The third-order valence-corrected chi connectivity index (χ3v) is 5.29. The molecule has 0 spiro atoms. The Hall–Kier alpha value is -0.870. The number of hydrogen-bond acceptors (Lipinski definition) is 3. The smallest absolute Gasteiger partial charge is 0.0670 e. The number of fused-ring (bicyclic) bond motifs is 1. The fourth-order valence-corrected chi connectivity index (χ4v) is 4.43. The molecule has 2 heterocycles. The van der Waals surface area contributed by atoms with E-state index >= 15 is 0 Å². The standard InChI is InChI=1S/C16H28N4/c1-3-14-13(11-19(2)18-14)16(10-17)20-9-5-7-12-6-4-8-15(12)20/h11-12,15-16H,3-10,17H2,1-2H3. The van der Waals surface area contributed by atoms with Gasteiger partial charge >= 0.3 is 0 Å². The fraction of sp³-hybridized carbons (Fsp3) is 0.812. The van der Waals surface area contributed by atoms with Crippen molar-refractivity contribution in [1.29, 1.82) is 0 Å². The van der Waals surface area contributed by atoms with Crippen LogP contribution in [0.1, 0.15) is 56.3 Å². The second-order valence-corrected chi connectivity index (χ2v) is 6.45. The highest BCUT2D eigenvalue weighted by atomic mass is 15.3. The number of rotatable bonds is 4. The van der Waals surface area contributed by atoms with Crippen LogP contribution in [0.3, 0.4) is 0 Å². The Bertz CT molecular complexity index is 453. The zero-order valence-electron chi connectivity index (χ0n) is 12.9. The first-order valence-electron chi connectivity index (χ1n) is 8.22. The quantitative estimate of drug-likeness (QED) is 0.917. The summed E-state index contributed by atoms with van der Waals surface area (Å²) in [5.41, 5.74) is 8.76. The molecule has 2 N–H and O–H groups in total. The second-order valence-electron chi connectivity index (χ2n) is 6.45. The molecule has 2 aliphatic rings. The first-order valence-corrected chi connectivity index (χ1v) is 8.22. The van der Waals surface area contributed by atoms with Crippen molar-refractivity contribution in [2.24, 2.45) is 18.7 Å². The molecule has 1 aliphatic heterocycles. The van der Waals surface area contributed by atoms with Crippen molar-refractivity contribution in [3.8, 4) is 0 Å². The highest BCUT2D eigenvalue weighted by molar-refractivity contribution is 5.23. The lowest BCUT2D eigenvalue weighted by molar-refractivity contribution is 0.0697. The maximum Gasteiger partial charge on any atom is 0.0670 e. The van der Waals surface area contributed by atoms with Gasteiger partial charge in [-0.05, 0) is 44.6 Å². The van der Waals surface area contributed by atoms with Gasteiger partial charge < -0.3 is 5.73 Å². The molecule has 3 unspecified atom stereocenters. The summed E-state index contributed by atoms with van der Waals surface area (Å²) in [4.78, 5) is 2.71. The van der Waals surface area contributed by atoms with Crippen LogP contribution in [0, 0.1) is 5.92 Å². The Morgan fingerprint density at radius 1 is 1.35 bits per heavy atom. The minimum absolute atomic E-state index is 0.365. The molecular weight excluding hydrogens is 248 g/mol. The average molecular weight is 276 g/mol. The summed E-state index contributed by atoms with van der Waals surface area (Å²) in [5.74, 6) is 0.916. The van der Waals surface area contributed by atoms with E-state index in [1.807, 2.05) is 11.7 Å². The summed E-state index contributed by atoms with van der Waals surface area (Å²) in [6.45, 7) is 4.11. The summed E-state index contributed by atoms with van der Waals surface area (Å²) in [6, 6.07) is 1.13. The number of nitrogens with two attached hydrogens (primary N) is 1. The number of aryl methyl sites for hydroxylation is 2. The van der Waals surface area contributed by atoms with Crippen molar-refractivity contribution < 1.29 is 0 Å². The van der Waals surface area contributed by atoms with Crippen LogP contribution >= 0.6 is 0 Å². The van der Waals surface area contributed by atoms with Gasteiger partial charge in [-0.25, -0.2) is 0 Å². The Kier molecular flexibility index (Phi) is 4.13. The van der Waals surface area contributed by atoms with Crippen LogP contribution < -0.4 is 5.73 Å². The molecule has 0 aromatic carbocycles. The normalized spacial score (nSPS) is 28.6. The summed E-state index contributed by atoms with van der Waals surface area (Å²) < 4.78 is 1.95. The minimum Gasteiger partial charge on any atom is -0.329 e. The Balaban J connectivity index is 1.88. The maximum absolute atomic E-state index is 6.17. The molecule has 112 valence electrons. The summed E-state index contributed by atoms with van der Waals surface area (Å²) in [7, 11) is 2.02. The van der Waals surface area contributed by atoms with Crippen LogP contribution in [0.2, 0.25) is 0 Å². The van der Waals surface area contributed by atoms with Crippen molar-refractivity contribution in [1.82, 2.24) is 14.7 Å². The molecule has 1 aliphatic carbocycles. The number of likely N-dealkylation sites (tertiary alicyclic amines) is 1. The lowest BCUT2D eigenvalue weighted by atomic mass is 9.89. The largest absolute Gasteiger partial charge is 0.329 e. The Morgan fingerprint density at radius 2 is 2.15 bits per heavy atom. The van der Waals surface area contributed by atoms with Crippen LogP contribution in [-0.2, 0) is 13.5 Å². The zero-order valence-corrected chi connectivity index (χ0v) is 12.9. The van der Waals surface area contributed by atoms with E-state index in [9.17, 15) is 0 Å². The molecule has 3 rings (SSSR count). The van der Waals surface area contributed by atoms with E-state index in [-0.39, 0.29) is 0 Å². The van der Waals surface area contributed by atoms with Gasteiger partial charge in [-0.3, -0.25) is 9.58 Å². The van der Waals surface area contributed by atoms with Gasteiger partial charge in [0.05, 0.1) is 11.7 Å². The second kappa shape index (κ2) is 5.86. The van der Waals surface area contributed by atoms with E-state index in [0.29, 0.717) is 12.6 Å². The van der Waals surface area contributed by atoms with Crippen molar-refractivity contribution in [2.45, 2.75) is 57.5 Å². The minimum atomic E-state index is 0.365. The van der Waals surface area contributed by atoms with Crippen molar-refractivity contribution in [3.05, 3.63) is 17.5 Å². The van der Waals surface area contributed by atoms with Crippen LogP contribution in [-0.4, -0.2) is 33.8 Å². The molecule has 4 nitrogen and oxygen atoms in total. The molecule has 0 amide bonds. The van der Waals surface area contributed by atoms with Gasteiger partial charge in [0.2, 0.25) is 0 Å². The highest BCUT2D eigenvalue weighted by Crippen LogP contribution is 2.40.